The van der Waals surface area contributed by atoms with Crippen LogP contribution in [0.25, 0.3) is 22.0 Å². The molecule has 0 bridgehead atoms. The fourth-order valence-electron chi connectivity index (χ4n) is 3.05. The summed E-state index contributed by atoms with van der Waals surface area (Å²) >= 11 is 0. The summed E-state index contributed by atoms with van der Waals surface area (Å²) in [5.41, 5.74) is 10.3. The summed E-state index contributed by atoms with van der Waals surface area (Å²) in [4.78, 5) is 4.42. The van der Waals surface area contributed by atoms with E-state index in [4.69, 9.17) is 10.5 Å². The van der Waals surface area contributed by atoms with Gasteiger partial charge in [-0.05, 0) is 59.5 Å². The third kappa shape index (κ3) is 3.69. The second-order valence-corrected chi connectivity index (χ2v) is 6.32. The van der Waals surface area contributed by atoms with Gasteiger partial charge in [0.2, 0.25) is 0 Å². The number of nitrogens with zero attached hydrogens (tertiary/aromatic N) is 2. The van der Waals surface area contributed by atoms with Crippen molar-refractivity contribution < 1.29 is 4.74 Å². The molecule has 2 aromatic heterocycles. The Balaban J connectivity index is 1.45. The van der Waals surface area contributed by atoms with E-state index in [0.717, 1.165) is 46.6 Å². The highest BCUT2D eigenvalue weighted by Gasteiger charge is 2.06. The first-order chi connectivity index (χ1) is 13.2. The molecule has 0 spiro atoms. The molecule has 4 rings (SSSR count). The molecule has 136 valence electrons. The van der Waals surface area contributed by atoms with E-state index >= 15 is 0 Å². The van der Waals surface area contributed by atoms with E-state index < -0.39 is 0 Å². The largest absolute Gasteiger partial charge is 0.497 e. The average Bonchev–Trinajstić information content (AvgIpc) is 3.09. The number of H-pyrrole nitrogens is 1. The second kappa shape index (κ2) is 7.37. The summed E-state index contributed by atoms with van der Waals surface area (Å²) < 4.78 is 5.19. The molecule has 0 saturated carbocycles. The van der Waals surface area contributed by atoms with Gasteiger partial charge in [0.05, 0.1) is 12.6 Å². The number of aromatic nitrogens is 3. The van der Waals surface area contributed by atoms with Gasteiger partial charge in [-0.15, -0.1) is 0 Å². The van der Waals surface area contributed by atoms with E-state index in [1.807, 2.05) is 42.6 Å². The molecule has 0 aliphatic carbocycles. The quantitative estimate of drug-likeness (QED) is 0.486. The van der Waals surface area contributed by atoms with Crippen LogP contribution in [-0.4, -0.2) is 28.8 Å². The molecule has 0 aliphatic rings. The van der Waals surface area contributed by atoms with Gasteiger partial charge < -0.3 is 15.8 Å². The van der Waals surface area contributed by atoms with Crippen molar-refractivity contribution in [3.05, 3.63) is 66.4 Å². The first-order valence-corrected chi connectivity index (χ1v) is 8.80. The molecular weight excluding hydrogens is 338 g/mol. The Morgan fingerprint density at radius 1 is 1.04 bits per heavy atom. The predicted molar refractivity (Wildman–Crippen MR) is 109 cm³/mol. The topological polar surface area (TPSA) is 88.8 Å². The number of nitrogen functional groups attached to an aromatic ring is 1. The lowest BCUT2D eigenvalue weighted by atomic mass is 10.0. The molecule has 4 aromatic rings. The van der Waals surface area contributed by atoms with Crippen molar-refractivity contribution in [3.8, 4) is 16.9 Å². The van der Waals surface area contributed by atoms with Gasteiger partial charge in [0.1, 0.15) is 11.6 Å². The number of nitrogens with two attached hydrogens (primary N) is 1. The van der Waals surface area contributed by atoms with E-state index in [1.54, 1.807) is 7.11 Å². The van der Waals surface area contributed by atoms with E-state index in [2.05, 4.69) is 38.7 Å². The molecule has 6 heteroatoms. The monoisotopic (exact) mass is 359 g/mol. The number of hydrogen-bond acceptors (Lipinski definition) is 5. The third-order valence-electron chi connectivity index (χ3n) is 4.56. The minimum atomic E-state index is 0.513. The number of aromatic amines is 1. The zero-order chi connectivity index (χ0) is 18.6. The number of pyridine rings is 1. The van der Waals surface area contributed by atoms with Gasteiger partial charge in [0, 0.05) is 18.1 Å². The predicted octanol–water partition coefficient (Wildman–Crippen LogP) is 3.87. The minimum absolute atomic E-state index is 0.513. The van der Waals surface area contributed by atoms with Gasteiger partial charge in [-0.25, -0.2) is 4.98 Å². The molecule has 27 heavy (non-hydrogen) atoms. The summed E-state index contributed by atoms with van der Waals surface area (Å²) in [7, 11) is 1.67. The summed E-state index contributed by atoms with van der Waals surface area (Å²) in [6.07, 6.45) is 2.72. The van der Waals surface area contributed by atoms with Crippen LogP contribution < -0.4 is 15.8 Å². The molecule has 0 saturated heterocycles. The Morgan fingerprint density at radius 2 is 1.85 bits per heavy atom. The van der Waals surface area contributed by atoms with E-state index in [1.165, 1.54) is 5.56 Å². The Labute approximate surface area is 157 Å². The number of rotatable bonds is 6. The summed E-state index contributed by atoms with van der Waals surface area (Å²) in [6.45, 7) is 0.802. The molecule has 6 nitrogen and oxygen atoms in total. The fraction of sp³-hybridized carbons (Fsp3) is 0.143. The average molecular weight is 359 g/mol. The first-order valence-electron chi connectivity index (χ1n) is 8.80. The van der Waals surface area contributed by atoms with Crippen LogP contribution in [0.5, 0.6) is 5.75 Å². The van der Waals surface area contributed by atoms with E-state index in [9.17, 15) is 0 Å². The van der Waals surface area contributed by atoms with Crippen molar-refractivity contribution in [2.24, 2.45) is 0 Å². The van der Waals surface area contributed by atoms with Gasteiger partial charge in [-0.1, -0.05) is 18.2 Å². The first kappa shape index (κ1) is 16.9. The molecule has 0 fully saturated rings. The highest BCUT2D eigenvalue weighted by atomic mass is 16.5. The molecule has 0 amide bonds. The summed E-state index contributed by atoms with van der Waals surface area (Å²) in [6, 6.07) is 18.2. The molecule has 2 aromatic carbocycles. The maximum Gasteiger partial charge on any atom is 0.153 e. The van der Waals surface area contributed by atoms with Crippen LogP contribution in [-0.2, 0) is 6.42 Å². The smallest absolute Gasteiger partial charge is 0.153 e. The molecule has 0 radical (unpaired) electrons. The van der Waals surface area contributed by atoms with Crippen molar-refractivity contribution in [2.45, 2.75) is 6.42 Å². The van der Waals surface area contributed by atoms with E-state index in [0.29, 0.717) is 5.82 Å². The zero-order valence-corrected chi connectivity index (χ0v) is 15.1. The third-order valence-corrected chi connectivity index (χ3v) is 4.56. The molecular formula is C21H21N5O. The van der Waals surface area contributed by atoms with Crippen LogP contribution in [0.1, 0.15) is 5.56 Å². The van der Waals surface area contributed by atoms with Crippen LogP contribution in [0, 0.1) is 0 Å². The maximum atomic E-state index is 5.92. The standard InChI is InChI=1S/C21H21N5O/c1-27-17-5-2-14(3-6-17)8-10-23-20-13-16(9-11-24-20)15-4-7-19-18(12-15)21(22)26-25-19/h2-7,9,11-13H,8,10H2,1H3,(H,23,24)(H3,22,25,26). The minimum Gasteiger partial charge on any atom is -0.497 e. The van der Waals surface area contributed by atoms with Gasteiger partial charge in [-0.2, -0.15) is 5.10 Å². The Bertz CT molecular complexity index is 1060. The number of nitrogens with one attached hydrogen (secondary N) is 2. The number of fused-ring (bicyclic) bond motifs is 1. The van der Waals surface area contributed by atoms with Crippen LogP contribution in [0.4, 0.5) is 11.6 Å². The van der Waals surface area contributed by atoms with Gasteiger partial charge in [0.25, 0.3) is 0 Å². The SMILES string of the molecule is COc1ccc(CCNc2cc(-c3ccc4[nH]nc(N)c4c3)ccn2)cc1. The lowest BCUT2D eigenvalue weighted by molar-refractivity contribution is 0.414. The fourth-order valence-corrected chi connectivity index (χ4v) is 3.05. The van der Waals surface area contributed by atoms with E-state index in [-0.39, 0.29) is 0 Å². The van der Waals surface area contributed by atoms with Crippen molar-refractivity contribution in [3.63, 3.8) is 0 Å². The lowest BCUT2D eigenvalue weighted by Crippen LogP contribution is -2.06. The highest BCUT2D eigenvalue weighted by molar-refractivity contribution is 5.92. The number of benzene rings is 2. The van der Waals surface area contributed by atoms with Gasteiger partial charge >= 0.3 is 0 Å². The van der Waals surface area contributed by atoms with Gasteiger partial charge in [-0.3, -0.25) is 5.10 Å². The van der Waals surface area contributed by atoms with Gasteiger partial charge in [0.15, 0.2) is 5.82 Å². The van der Waals surface area contributed by atoms with Crippen molar-refractivity contribution in [1.29, 1.82) is 0 Å². The molecule has 0 atom stereocenters. The highest BCUT2D eigenvalue weighted by Crippen LogP contribution is 2.27. The lowest BCUT2D eigenvalue weighted by Gasteiger charge is -2.08. The molecule has 2 heterocycles. The zero-order valence-electron chi connectivity index (χ0n) is 15.1. The van der Waals surface area contributed by atoms with Crippen LogP contribution >= 0.6 is 0 Å². The van der Waals surface area contributed by atoms with Crippen LogP contribution in [0.3, 0.4) is 0 Å². The normalized spacial score (nSPS) is 10.9. The summed E-state index contributed by atoms with van der Waals surface area (Å²) in [5, 5.41) is 11.3. The molecule has 0 unspecified atom stereocenters. The molecule has 0 aliphatic heterocycles. The summed E-state index contributed by atoms with van der Waals surface area (Å²) in [5.74, 6) is 2.23. The second-order valence-electron chi connectivity index (χ2n) is 6.32. The Kier molecular flexibility index (Phi) is 4.61. The van der Waals surface area contributed by atoms with Crippen molar-refractivity contribution in [1.82, 2.24) is 15.2 Å². The van der Waals surface area contributed by atoms with Crippen molar-refractivity contribution in [2.75, 3.05) is 24.7 Å². The number of methoxy groups -OCH3 is 1. The Morgan fingerprint density at radius 3 is 2.67 bits per heavy atom. The number of anilines is 2. The van der Waals surface area contributed by atoms with Crippen LogP contribution in [0.2, 0.25) is 0 Å². The van der Waals surface area contributed by atoms with Crippen LogP contribution in [0.15, 0.2) is 60.8 Å². The number of ether oxygens (including phenoxy) is 1. The van der Waals surface area contributed by atoms with Crippen molar-refractivity contribution >= 4 is 22.5 Å². The Hall–Kier alpha value is -3.54. The maximum absolute atomic E-state index is 5.92. The number of hydrogen-bond donors (Lipinski definition) is 3. The molecule has 4 N–H and O–H groups in total.